The normalized spacial score (nSPS) is 11.3. The van der Waals surface area contributed by atoms with Gasteiger partial charge in [-0.25, -0.2) is 4.57 Å². The van der Waals surface area contributed by atoms with Gasteiger partial charge in [-0.3, -0.25) is 0 Å². The molecule has 21 heavy (non-hydrogen) atoms. The predicted molar refractivity (Wildman–Crippen MR) is 90.7 cm³/mol. The first kappa shape index (κ1) is 12.5. The minimum Gasteiger partial charge on any atom is -0.201 e. The summed E-state index contributed by atoms with van der Waals surface area (Å²) >= 11 is 1.83. The zero-order valence-electron chi connectivity index (χ0n) is 12.1. The molecule has 0 atom stereocenters. The van der Waals surface area contributed by atoms with E-state index in [1.54, 1.807) is 0 Å². The van der Waals surface area contributed by atoms with Crippen LogP contribution in [0.2, 0.25) is 0 Å². The zero-order chi connectivity index (χ0) is 14.4. The first-order valence-corrected chi connectivity index (χ1v) is 7.99. The maximum absolute atomic E-state index is 2.24. The summed E-state index contributed by atoms with van der Waals surface area (Å²) in [6, 6.07) is 17.4. The van der Waals surface area contributed by atoms with Crippen LogP contribution in [0.3, 0.4) is 0 Å². The Morgan fingerprint density at radius 2 is 1.62 bits per heavy atom. The molecule has 0 bridgehead atoms. The van der Waals surface area contributed by atoms with Gasteiger partial charge < -0.3 is 0 Å². The third-order valence-electron chi connectivity index (χ3n) is 4.20. The Hall–Kier alpha value is -2.19. The fourth-order valence-electron chi connectivity index (χ4n) is 3.16. The highest BCUT2D eigenvalue weighted by atomic mass is 32.1. The highest BCUT2D eigenvalue weighted by Gasteiger charge is 2.19. The Bertz CT molecular complexity index is 966. The number of hydrogen-bond acceptors (Lipinski definition) is 1. The average Bonchev–Trinajstić information content (AvgIpc) is 2.99. The standard InChI is InChI=1S/C19H16NS/c1-13-14-7-3-4-8-15(14)16-10-12-21-19(16)18(13)17-9-5-6-11-20(17)2/h3-12H,1-2H3/q+1. The van der Waals surface area contributed by atoms with E-state index >= 15 is 0 Å². The number of rotatable bonds is 1. The van der Waals surface area contributed by atoms with Crippen molar-refractivity contribution >= 4 is 32.2 Å². The first-order chi connectivity index (χ1) is 10.3. The molecule has 4 aromatic rings. The van der Waals surface area contributed by atoms with E-state index in [0.717, 1.165) is 0 Å². The summed E-state index contributed by atoms with van der Waals surface area (Å²) in [5, 5.41) is 6.26. The van der Waals surface area contributed by atoms with Crippen LogP contribution in [-0.4, -0.2) is 0 Å². The third kappa shape index (κ3) is 1.79. The summed E-state index contributed by atoms with van der Waals surface area (Å²) in [6.45, 7) is 2.24. The minimum atomic E-state index is 1.27. The molecule has 2 heteroatoms. The number of thiophene rings is 1. The second-order valence-electron chi connectivity index (χ2n) is 5.41. The van der Waals surface area contributed by atoms with Gasteiger partial charge in [-0.05, 0) is 40.8 Å². The Morgan fingerprint density at radius 3 is 2.43 bits per heavy atom. The predicted octanol–water partition coefficient (Wildman–Crippen LogP) is 4.85. The van der Waals surface area contributed by atoms with E-state index in [4.69, 9.17) is 0 Å². The highest BCUT2D eigenvalue weighted by Crippen LogP contribution is 2.40. The van der Waals surface area contributed by atoms with E-state index in [1.807, 2.05) is 11.3 Å². The lowest BCUT2D eigenvalue weighted by molar-refractivity contribution is -0.660. The molecule has 0 saturated heterocycles. The molecule has 0 spiro atoms. The van der Waals surface area contributed by atoms with Crippen LogP contribution in [0.15, 0.2) is 60.1 Å². The number of pyridine rings is 1. The number of aryl methyl sites for hydroxylation is 2. The quantitative estimate of drug-likeness (QED) is 0.441. The molecular weight excluding hydrogens is 274 g/mol. The Balaban J connectivity index is 2.24. The van der Waals surface area contributed by atoms with E-state index in [2.05, 4.69) is 78.6 Å². The number of hydrogen-bond donors (Lipinski definition) is 0. The van der Waals surface area contributed by atoms with Crippen LogP contribution in [0.4, 0.5) is 0 Å². The van der Waals surface area contributed by atoms with Crippen molar-refractivity contribution in [2.45, 2.75) is 6.92 Å². The first-order valence-electron chi connectivity index (χ1n) is 7.11. The molecule has 0 aliphatic heterocycles. The number of nitrogens with zero attached hydrogens (tertiary/aromatic N) is 1. The highest BCUT2D eigenvalue weighted by molar-refractivity contribution is 7.18. The molecule has 0 amide bonds. The topological polar surface area (TPSA) is 3.88 Å². The van der Waals surface area contributed by atoms with Gasteiger partial charge in [-0.15, -0.1) is 11.3 Å². The van der Waals surface area contributed by atoms with Crippen LogP contribution in [0, 0.1) is 6.92 Å². The molecular formula is C19H16NS+. The maximum Gasteiger partial charge on any atom is 0.213 e. The van der Waals surface area contributed by atoms with Crippen LogP contribution < -0.4 is 4.57 Å². The van der Waals surface area contributed by atoms with Gasteiger partial charge in [0.1, 0.15) is 7.05 Å². The lowest BCUT2D eigenvalue weighted by Gasteiger charge is -2.10. The molecule has 0 fully saturated rings. The van der Waals surface area contributed by atoms with Gasteiger partial charge >= 0.3 is 0 Å². The van der Waals surface area contributed by atoms with Crippen molar-refractivity contribution in [3.63, 3.8) is 0 Å². The second kappa shape index (κ2) is 4.68. The van der Waals surface area contributed by atoms with Crippen molar-refractivity contribution in [2.75, 3.05) is 0 Å². The van der Waals surface area contributed by atoms with Gasteiger partial charge in [0.2, 0.25) is 5.69 Å². The van der Waals surface area contributed by atoms with Gasteiger partial charge in [0.25, 0.3) is 0 Å². The summed E-state index contributed by atoms with van der Waals surface area (Å²) in [7, 11) is 2.11. The van der Waals surface area contributed by atoms with Crippen molar-refractivity contribution in [1.29, 1.82) is 0 Å². The molecule has 1 nitrogen and oxygen atoms in total. The molecule has 0 unspecified atom stereocenters. The monoisotopic (exact) mass is 290 g/mol. The summed E-state index contributed by atoms with van der Waals surface area (Å²) in [5.41, 5.74) is 4.00. The number of fused-ring (bicyclic) bond motifs is 3. The van der Waals surface area contributed by atoms with E-state index in [1.165, 1.54) is 37.7 Å². The fraction of sp³-hybridized carbons (Fsp3) is 0.105. The van der Waals surface area contributed by atoms with E-state index < -0.39 is 0 Å². The Labute approximate surface area is 128 Å². The van der Waals surface area contributed by atoms with E-state index in [-0.39, 0.29) is 0 Å². The van der Waals surface area contributed by atoms with Gasteiger partial charge in [0.15, 0.2) is 6.20 Å². The Morgan fingerprint density at radius 1 is 0.857 bits per heavy atom. The molecule has 2 aromatic carbocycles. The van der Waals surface area contributed by atoms with E-state index in [0.29, 0.717) is 0 Å². The molecule has 0 radical (unpaired) electrons. The van der Waals surface area contributed by atoms with Gasteiger partial charge in [-0.1, -0.05) is 24.3 Å². The lowest BCUT2D eigenvalue weighted by atomic mass is 9.95. The van der Waals surface area contributed by atoms with Crippen molar-refractivity contribution in [3.05, 3.63) is 65.7 Å². The van der Waals surface area contributed by atoms with Crippen LogP contribution in [0.25, 0.3) is 32.1 Å². The largest absolute Gasteiger partial charge is 0.213 e. The smallest absolute Gasteiger partial charge is 0.201 e. The lowest BCUT2D eigenvalue weighted by Crippen LogP contribution is -2.30. The number of benzene rings is 2. The molecule has 0 aliphatic carbocycles. The minimum absolute atomic E-state index is 1.27. The SMILES string of the molecule is Cc1c(-c2cccc[n+]2C)c2sccc2c2ccccc12. The summed E-state index contributed by atoms with van der Waals surface area (Å²) in [6.07, 6.45) is 2.11. The van der Waals surface area contributed by atoms with Crippen LogP contribution in [-0.2, 0) is 7.05 Å². The second-order valence-corrected chi connectivity index (χ2v) is 6.32. The van der Waals surface area contributed by atoms with Crippen LogP contribution >= 0.6 is 11.3 Å². The summed E-state index contributed by atoms with van der Waals surface area (Å²) in [4.78, 5) is 0. The third-order valence-corrected chi connectivity index (χ3v) is 5.13. The van der Waals surface area contributed by atoms with Gasteiger partial charge in [0, 0.05) is 22.2 Å². The Kier molecular flexibility index (Phi) is 2.79. The van der Waals surface area contributed by atoms with Gasteiger partial charge in [0.05, 0.1) is 5.56 Å². The average molecular weight is 290 g/mol. The maximum atomic E-state index is 2.24. The molecule has 102 valence electrons. The van der Waals surface area contributed by atoms with Crippen molar-refractivity contribution in [2.24, 2.45) is 7.05 Å². The van der Waals surface area contributed by atoms with E-state index in [9.17, 15) is 0 Å². The summed E-state index contributed by atoms with van der Waals surface area (Å²) in [5.74, 6) is 0. The fourth-order valence-corrected chi connectivity index (χ4v) is 4.18. The molecule has 4 rings (SSSR count). The summed E-state index contributed by atoms with van der Waals surface area (Å²) < 4.78 is 3.59. The van der Waals surface area contributed by atoms with Crippen molar-refractivity contribution in [1.82, 2.24) is 0 Å². The van der Waals surface area contributed by atoms with Crippen LogP contribution in [0.5, 0.6) is 0 Å². The van der Waals surface area contributed by atoms with Crippen molar-refractivity contribution < 1.29 is 4.57 Å². The van der Waals surface area contributed by atoms with Crippen LogP contribution in [0.1, 0.15) is 5.56 Å². The molecule has 2 aromatic heterocycles. The molecule has 2 heterocycles. The van der Waals surface area contributed by atoms with Crippen molar-refractivity contribution in [3.8, 4) is 11.3 Å². The molecule has 0 saturated carbocycles. The molecule has 0 aliphatic rings. The zero-order valence-corrected chi connectivity index (χ0v) is 12.9. The number of aromatic nitrogens is 1. The molecule has 0 N–H and O–H groups in total. The van der Waals surface area contributed by atoms with Gasteiger partial charge in [-0.2, -0.15) is 0 Å².